The largest absolute Gasteiger partial charge is 0.481 e. The van der Waals surface area contributed by atoms with Gasteiger partial charge in [-0.25, -0.2) is 4.79 Å². The molecule has 17 N–H and O–H groups in total. The molecule has 1 fully saturated rings. The highest BCUT2D eigenvalue weighted by Gasteiger charge is 2.40. The number of nitrogens with two attached hydrogens (primary N) is 2. The zero-order chi connectivity index (χ0) is 56.0. The molecule has 29 nitrogen and oxygen atoms in total. The summed E-state index contributed by atoms with van der Waals surface area (Å²) in [4.78, 5) is 167. The van der Waals surface area contributed by atoms with Crippen LogP contribution >= 0.6 is 0 Å². The molecule has 410 valence electrons. The van der Waals surface area contributed by atoms with Gasteiger partial charge in [0.05, 0.1) is 31.6 Å². The lowest BCUT2D eigenvalue weighted by Gasteiger charge is -2.30. The van der Waals surface area contributed by atoms with Crippen LogP contribution < -0.4 is 48.7 Å². The molecule has 1 aromatic rings. The van der Waals surface area contributed by atoms with E-state index in [1.165, 1.54) is 6.92 Å². The first-order chi connectivity index (χ1) is 34.7. The van der Waals surface area contributed by atoms with Gasteiger partial charge in [-0.3, -0.25) is 57.5 Å². The molecule has 11 atom stereocenters. The summed E-state index contributed by atoms with van der Waals surface area (Å²) in [6.07, 6.45) is -5.31. The van der Waals surface area contributed by atoms with Crippen molar-refractivity contribution in [3.8, 4) is 0 Å². The summed E-state index contributed by atoms with van der Waals surface area (Å²) < 4.78 is 0. The van der Waals surface area contributed by atoms with E-state index >= 15 is 0 Å². The molecule has 1 heterocycles. The van der Waals surface area contributed by atoms with Gasteiger partial charge in [-0.2, -0.15) is 0 Å². The van der Waals surface area contributed by atoms with Crippen molar-refractivity contribution in [1.29, 1.82) is 0 Å². The predicted molar refractivity (Wildman–Crippen MR) is 252 cm³/mol. The molecule has 1 aromatic carbocycles. The fraction of sp³-hybridized carbons (Fsp3) is 0.578. The molecule has 0 aliphatic carbocycles. The van der Waals surface area contributed by atoms with Crippen molar-refractivity contribution in [3.63, 3.8) is 0 Å². The Morgan fingerprint density at radius 2 is 1.15 bits per heavy atom. The van der Waals surface area contributed by atoms with E-state index in [1.807, 2.05) is 5.32 Å². The van der Waals surface area contributed by atoms with Crippen molar-refractivity contribution in [3.05, 3.63) is 35.9 Å². The summed E-state index contributed by atoms with van der Waals surface area (Å²) >= 11 is 0. The van der Waals surface area contributed by atoms with Gasteiger partial charge < -0.3 is 84.2 Å². The topological polar surface area (TPSA) is 483 Å². The minimum absolute atomic E-state index is 0.0578. The van der Waals surface area contributed by atoms with Gasteiger partial charge in [0.25, 0.3) is 0 Å². The van der Waals surface area contributed by atoms with Crippen LogP contribution in [0.5, 0.6) is 0 Å². The second-order valence-corrected chi connectivity index (χ2v) is 17.5. The van der Waals surface area contributed by atoms with E-state index in [1.54, 1.807) is 37.3 Å². The zero-order valence-corrected chi connectivity index (χ0v) is 40.8. The quantitative estimate of drug-likeness (QED) is 0.0320. The maximum Gasteiger partial charge on any atom is 0.326 e. The maximum atomic E-state index is 14.2. The Bertz CT molecular complexity index is 2210. The highest BCUT2D eigenvalue weighted by Crippen LogP contribution is 2.20. The standard InChI is InChI=1S/C45H66N10O19/c1-4-21(2)35(42(70)50-27(18-31(47)58)38(66)51-28(45(73)74)19-34(63)64)53-39(67)26(17-23-9-6-5-7-10-23)49-43(71)36(22(3)57)54-40(68)29(20-56)52-37(65)25(13-15-33(61)62)48-41(69)30-11-8-16-55(30)44(72)24(46)12-14-32(59)60/h5-7,9-10,21-22,24-30,35-36,56-57H,4,8,11-20,46H2,1-3H3,(H2,47,58)(H,48,69)(H,49,71)(H,50,70)(H,51,66)(H,52,65)(H,53,67)(H,54,68)(H,59,60)(H,61,62)(H,63,64)(H,73,74)/t21-,22+,24-,25-,26-,27-,28-,29-,30-,35-,36-/m0/s1. The normalized spacial score (nSPS) is 17.1. The average molecular weight is 1050 g/mol. The van der Waals surface area contributed by atoms with Crippen LogP contribution in [0.4, 0.5) is 0 Å². The van der Waals surface area contributed by atoms with Crippen LogP contribution in [0.15, 0.2) is 30.3 Å². The number of nitrogens with zero attached hydrogens (tertiary/aromatic N) is 1. The summed E-state index contributed by atoms with van der Waals surface area (Å²) in [6, 6.07) is -7.02. The lowest BCUT2D eigenvalue weighted by atomic mass is 9.96. The first-order valence-electron chi connectivity index (χ1n) is 23.4. The van der Waals surface area contributed by atoms with Gasteiger partial charge in [0.2, 0.25) is 53.2 Å². The van der Waals surface area contributed by atoms with E-state index in [2.05, 4.69) is 31.9 Å². The summed E-state index contributed by atoms with van der Waals surface area (Å²) in [6.45, 7) is 3.11. The molecular formula is C45H66N10O19. The van der Waals surface area contributed by atoms with Gasteiger partial charge in [-0.05, 0) is 44.1 Å². The van der Waals surface area contributed by atoms with Crippen molar-refractivity contribution in [1.82, 2.24) is 42.1 Å². The number of benzene rings is 1. The van der Waals surface area contributed by atoms with Crippen LogP contribution in [0, 0.1) is 5.92 Å². The number of carbonyl (C=O) groups excluding carboxylic acids is 9. The number of amides is 9. The second kappa shape index (κ2) is 30.3. The number of hydrogen-bond acceptors (Lipinski definition) is 16. The van der Waals surface area contributed by atoms with Crippen molar-refractivity contribution in [2.45, 2.75) is 145 Å². The van der Waals surface area contributed by atoms with Crippen LogP contribution in [0.2, 0.25) is 0 Å². The molecule has 0 bridgehead atoms. The molecule has 0 unspecified atom stereocenters. The lowest BCUT2D eigenvalue weighted by Crippen LogP contribution is -2.63. The van der Waals surface area contributed by atoms with E-state index in [4.69, 9.17) is 21.7 Å². The summed E-state index contributed by atoms with van der Waals surface area (Å²) in [5.41, 5.74) is 11.6. The molecule has 0 spiro atoms. The van der Waals surface area contributed by atoms with E-state index in [9.17, 15) is 82.8 Å². The zero-order valence-electron chi connectivity index (χ0n) is 40.8. The number of hydrogen-bond donors (Lipinski definition) is 15. The summed E-state index contributed by atoms with van der Waals surface area (Å²) in [5.74, 6) is -16.6. The monoisotopic (exact) mass is 1050 g/mol. The van der Waals surface area contributed by atoms with Gasteiger partial charge in [-0.1, -0.05) is 50.6 Å². The van der Waals surface area contributed by atoms with Crippen LogP contribution in [0.3, 0.4) is 0 Å². The molecule has 0 radical (unpaired) electrons. The molecule has 0 saturated carbocycles. The number of aliphatic hydroxyl groups is 2. The Hall–Kier alpha value is -7.79. The molecule has 2 rings (SSSR count). The number of carboxylic acids is 4. The molecule has 0 aromatic heterocycles. The average Bonchev–Trinajstić information content (AvgIpc) is 3.83. The minimum Gasteiger partial charge on any atom is -0.481 e. The number of aliphatic hydroxyl groups excluding tert-OH is 2. The molecule has 9 amide bonds. The number of aliphatic carboxylic acids is 4. The second-order valence-electron chi connectivity index (χ2n) is 17.5. The SMILES string of the molecule is CC[C@H](C)[C@H](NC(=O)[C@H](Cc1ccccc1)NC(=O)[C@@H](NC(=O)[C@H](CO)NC(=O)[C@H](CCC(=O)O)NC(=O)[C@@H]1CCCN1C(=O)[C@@H](N)CCC(=O)O)[C@@H](C)O)C(=O)N[C@@H](CC(N)=O)C(=O)N[C@@H](CC(=O)O)C(=O)O. The Labute approximate surface area is 423 Å². The van der Waals surface area contributed by atoms with Gasteiger partial charge >= 0.3 is 23.9 Å². The Kier molecular flexibility index (Phi) is 25.5. The molecule has 1 aliphatic rings. The molecule has 1 saturated heterocycles. The Morgan fingerprint density at radius 3 is 1.69 bits per heavy atom. The number of carbonyl (C=O) groups is 13. The van der Waals surface area contributed by atoms with Crippen molar-refractivity contribution in [2.75, 3.05) is 13.2 Å². The summed E-state index contributed by atoms with van der Waals surface area (Å²) in [5, 5.41) is 73.6. The van der Waals surface area contributed by atoms with Crippen molar-refractivity contribution >= 4 is 77.0 Å². The highest BCUT2D eigenvalue weighted by molar-refractivity contribution is 5.99. The van der Waals surface area contributed by atoms with Gasteiger partial charge in [-0.15, -0.1) is 0 Å². The predicted octanol–water partition coefficient (Wildman–Crippen LogP) is -5.48. The number of primary amides is 1. The minimum atomic E-state index is -1.98. The smallest absolute Gasteiger partial charge is 0.326 e. The number of carboxylic acid groups (broad SMARTS) is 4. The van der Waals surface area contributed by atoms with Crippen molar-refractivity contribution < 1.29 is 93.0 Å². The molecule has 1 aliphatic heterocycles. The van der Waals surface area contributed by atoms with Crippen LogP contribution in [0.25, 0.3) is 0 Å². The first kappa shape index (κ1) is 62.3. The fourth-order valence-corrected chi connectivity index (χ4v) is 7.44. The van der Waals surface area contributed by atoms with Crippen LogP contribution in [-0.2, 0) is 68.7 Å². The van der Waals surface area contributed by atoms with Crippen molar-refractivity contribution in [2.24, 2.45) is 17.4 Å². The summed E-state index contributed by atoms with van der Waals surface area (Å²) in [7, 11) is 0. The third-order valence-corrected chi connectivity index (χ3v) is 11.7. The van der Waals surface area contributed by atoms with Crippen LogP contribution in [0.1, 0.15) is 84.1 Å². The number of nitrogens with one attached hydrogen (secondary N) is 7. The third kappa shape index (κ3) is 20.4. The first-order valence-corrected chi connectivity index (χ1v) is 23.4. The number of likely N-dealkylation sites (tertiary alicyclic amines) is 1. The maximum absolute atomic E-state index is 14.2. The number of rotatable bonds is 32. The Balaban J connectivity index is 2.37. The van der Waals surface area contributed by atoms with E-state index in [-0.39, 0.29) is 32.2 Å². The molecular weight excluding hydrogens is 985 g/mol. The van der Waals surface area contributed by atoms with E-state index < -0.39 is 182 Å². The van der Waals surface area contributed by atoms with E-state index in [0.29, 0.717) is 12.0 Å². The Morgan fingerprint density at radius 1 is 0.635 bits per heavy atom. The van der Waals surface area contributed by atoms with E-state index in [0.717, 1.165) is 11.8 Å². The van der Waals surface area contributed by atoms with Gasteiger partial charge in [0, 0.05) is 25.8 Å². The van der Waals surface area contributed by atoms with Crippen LogP contribution in [-0.4, -0.2) is 186 Å². The molecule has 74 heavy (non-hydrogen) atoms. The third-order valence-electron chi connectivity index (χ3n) is 11.7. The fourth-order valence-electron chi connectivity index (χ4n) is 7.44. The van der Waals surface area contributed by atoms with Gasteiger partial charge in [0.15, 0.2) is 0 Å². The highest BCUT2D eigenvalue weighted by atomic mass is 16.4. The van der Waals surface area contributed by atoms with Gasteiger partial charge in [0.1, 0.15) is 48.3 Å². The molecule has 29 heteroatoms. The lowest BCUT2D eigenvalue weighted by molar-refractivity contribution is -0.147.